The Morgan fingerprint density at radius 1 is 1.17 bits per heavy atom. The predicted molar refractivity (Wildman–Crippen MR) is 85.5 cm³/mol. The molecule has 0 aliphatic carbocycles. The average Bonchev–Trinajstić information content (AvgIpc) is 3.18. The molecule has 0 N–H and O–H groups in total. The molecular formula is C14H13FN4O2S2. The first-order chi connectivity index (χ1) is 11.2. The van der Waals surface area contributed by atoms with Gasteiger partial charge >= 0.3 is 0 Å². The van der Waals surface area contributed by atoms with Crippen molar-refractivity contribution in [3.8, 4) is 11.4 Å². The van der Waals surface area contributed by atoms with Gasteiger partial charge in [0.25, 0.3) is 5.22 Å². The van der Waals surface area contributed by atoms with Gasteiger partial charge in [-0.1, -0.05) is 29.1 Å². The molecule has 2 aromatic heterocycles. The molecule has 0 fully saturated rings. The summed E-state index contributed by atoms with van der Waals surface area (Å²) in [6, 6.07) is 4.83. The number of benzene rings is 1. The average molecular weight is 352 g/mol. The molecule has 0 amide bonds. The molecule has 0 spiro atoms. The van der Waals surface area contributed by atoms with Crippen LogP contribution >= 0.6 is 23.5 Å². The van der Waals surface area contributed by atoms with Crippen LogP contribution in [0.25, 0.3) is 11.4 Å². The second-order valence-corrected chi connectivity index (χ2v) is 6.45. The minimum Gasteiger partial charge on any atom is -0.415 e. The molecule has 0 aliphatic rings. The van der Waals surface area contributed by atoms with E-state index < -0.39 is 0 Å². The van der Waals surface area contributed by atoms with Crippen molar-refractivity contribution < 1.29 is 13.3 Å². The van der Waals surface area contributed by atoms with Gasteiger partial charge in [-0.05, 0) is 24.8 Å². The van der Waals surface area contributed by atoms with Gasteiger partial charge in [0.1, 0.15) is 5.82 Å². The van der Waals surface area contributed by atoms with Crippen molar-refractivity contribution in [1.29, 1.82) is 0 Å². The number of hydrogen-bond acceptors (Lipinski definition) is 8. The minimum absolute atomic E-state index is 0.296. The van der Waals surface area contributed by atoms with Gasteiger partial charge in [-0.15, -0.1) is 10.2 Å². The molecule has 23 heavy (non-hydrogen) atoms. The van der Waals surface area contributed by atoms with E-state index in [1.807, 2.05) is 6.26 Å². The van der Waals surface area contributed by atoms with Crippen LogP contribution < -0.4 is 0 Å². The Labute approximate surface area is 140 Å². The molecule has 0 aliphatic heterocycles. The lowest BCUT2D eigenvalue weighted by Gasteiger charge is -1.97. The molecule has 3 rings (SSSR count). The van der Waals surface area contributed by atoms with Crippen LogP contribution in [0.1, 0.15) is 17.3 Å². The molecular weight excluding hydrogens is 339 g/mol. The lowest BCUT2D eigenvalue weighted by atomic mass is 10.1. The maximum Gasteiger partial charge on any atom is 0.277 e. The molecule has 3 aromatic rings. The van der Waals surface area contributed by atoms with Gasteiger partial charge in [0.05, 0.1) is 11.5 Å². The van der Waals surface area contributed by atoms with E-state index in [-0.39, 0.29) is 5.82 Å². The number of nitrogens with zero attached hydrogens (tertiary/aromatic N) is 4. The summed E-state index contributed by atoms with van der Waals surface area (Å²) < 4.78 is 24.2. The Hall–Kier alpha value is -1.87. The third kappa shape index (κ3) is 3.91. The van der Waals surface area contributed by atoms with E-state index in [1.165, 1.54) is 17.8 Å². The Morgan fingerprint density at radius 2 is 2.04 bits per heavy atom. The molecule has 9 heteroatoms. The number of thioether (sulfide) groups is 2. The van der Waals surface area contributed by atoms with Gasteiger partial charge in [0.15, 0.2) is 0 Å². The Kier molecular flexibility index (Phi) is 4.97. The molecule has 0 atom stereocenters. The summed E-state index contributed by atoms with van der Waals surface area (Å²) in [6.07, 6.45) is 1.96. The first kappa shape index (κ1) is 16.0. The van der Waals surface area contributed by atoms with Crippen LogP contribution in [-0.2, 0) is 11.5 Å². The van der Waals surface area contributed by atoms with Crippen LogP contribution in [0.15, 0.2) is 32.4 Å². The normalized spacial score (nSPS) is 11.1. The summed E-state index contributed by atoms with van der Waals surface area (Å²) in [7, 11) is 0. The largest absolute Gasteiger partial charge is 0.415 e. The first-order valence-corrected chi connectivity index (χ1v) is 9.07. The molecule has 120 valence electrons. The highest BCUT2D eigenvalue weighted by atomic mass is 32.2. The third-order valence-corrected chi connectivity index (χ3v) is 4.27. The van der Waals surface area contributed by atoms with Crippen molar-refractivity contribution in [3.63, 3.8) is 0 Å². The van der Waals surface area contributed by atoms with E-state index in [0.29, 0.717) is 45.5 Å². The molecule has 1 aromatic carbocycles. The summed E-state index contributed by atoms with van der Waals surface area (Å²) in [4.78, 5) is 4.25. The standard InChI is InChI=1S/C14H13FN4O2S2/c1-8-3-4-9(5-10(8)15)13-16-11(21-19-13)7-23-14-18-17-12(20-14)6-22-2/h3-5H,6-7H2,1-2H3. The summed E-state index contributed by atoms with van der Waals surface area (Å²) in [5.41, 5.74) is 1.15. The van der Waals surface area contributed by atoms with Crippen LogP contribution in [0.3, 0.4) is 0 Å². The molecule has 0 saturated carbocycles. The molecule has 0 unspecified atom stereocenters. The van der Waals surface area contributed by atoms with Crippen LogP contribution in [-0.4, -0.2) is 26.6 Å². The SMILES string of the molecule is CSCc1nnc(SCc2nc(-c3ccc(C)c(F)c3)no2)o1. The molecule has 0 saturated heterocycles. The van der Waals surface area contributed by atoms with Crippen molar-refractivity contribution in [2.45, 2.75) is 23.7 Å². The fourth-order valence-corrected chi connectivity index (χ4v) is 2.75. The highest BCUT2D eigenvalue weighted by molar-refractivity contribution is 7.98. The second-order valence-electron chi connectivity index (χ2n) is 4.66. The minimum atomic E-state index is -0.296. The van der Waals surface area contributed by atoms with Gasteiger partial charge < -0.3 is 8.94 Å². The van der Waals surface area contributed by atoms with Gasteiger partial charge in [-0.2, -0.15) is 16.7 Å². The summed E-state index contributed by atoms with van der Waals surface area (Å²) in [5.74, 6) is 2.14. The Bertz CT molecular complexity index is 806. The number of aryl methyl sites for hydroxylation is 1. The summed E-state index contributed by atoms with van der Waals surface area (Å²) >= 11 is 2.92. The topological polar surface area (TPSA) is 77.8 Å². The zero-order valence-electron chi connectivity index (χ0n) is 12.4. The van der Waals surface area contributed by atoms with E-state index >= 15 is 0 Å². The van der Waals surface area contributed by atoms with Crippen molar-refractivity contribution in [3.05, 3.63) is 41.4 Å². The van der Waals surface area contributed by atoms with E-state index in [2.05, 4.69) is 20.3 Å². The molecule has 6 nitrogen and oxygen atoms in total. The first-order valence-electron chi connectivity index (χ1n) is 6.69. The van der Waals surface area contributed by atoms with Crippen LogP contribution in [0.2, 0.25) is 0 Å². The summed E-state index contributed by atoms with van der Waals surface area (Å²) in [5, 5.41) is 12.2. The maximum absolute atomic E-state index is 13.6. The second kappa shape index (κ2) is 7.14. The van der Waals surface area contributed by atoms with Crippen LogP contribution in [0.5, 0.6) is 0 Å². The number of halogens is 1. The van der Waals surface area contributed by atoms with Crippen molar-refractivity contribution in [2.75, 3.05) is 6.26 Å². The molecule has 0 radical (unpaired) electrons. The number of hydrogen-bond donors (Lipinski definition) is 0. The van der Waals surface area contributed by atoms with E-state index in [9.17, 15) is 4.39 Å². The van der Waals surface area contributed by atoms with Gasteiger partial charge in [0.2, 0.25) is 17.6 Å². The van der Waals surface area contributed by atoms with Crippen LogP contribution in [0.4, 0.5) is 4.39 Å². The Morgan fingerprint density at radius 3 is 2.83 bits per heavy atom. The monoisotopic (exact) mass is 352 g/mol. The lowest BCUT2D eigenvalue weighted by molar-refractivity contribution is 0.390. The third-order valence-electron chi connectivity index (χ3n) is 2.93. The van der Waals surface area contributed by atoms with Crippen molar-refractivity contribution in [2.24, 2.45) is 0 Å². The Balaban J connectivity index is 1.65. The van der Waals surface area contributed by atoms with Gasteiger partial charge in [-0.25, -0.2) is 4.39 Å². The van der Waals surface area contributed by atoms with E-state index in [0.717, 1.165) is 0 Å². The van der Waals surface area contributed by atoms with Crippen molar-refractivity contribution >= 4 is 23.5 Å². The highest BCUT2D eigenvalue weighted by Crippen LogP contribution is 2.24. The quantitative estimate of drug-likeness (QED) is 0.621. The number of rotatable bonds is 6. The van der Waals surface area contributed by atoms with Gasteiger partial charge in [0, 0.05) is 5.56 Å². The lowest BCUT2D eigenvalue weighted by Crippen LogP contribution is -1.86. The van der Waals surface area contributed by atoms with Gasteiger partial charge in [-0.3, -0.25) is 0 Å². The molecule has 0 bridgehead atoms. The molecule has 2 heterocycles. The number of aromatic nitrogens is 4. The van der Waals surface area contributed by atoms with E-state index in [4.69, 9.17) is 8.94 Å². The van der Waals surface area contributed by atoms with E-state index in [1.54, 1.807) is 30.8 Å². The van der Waals surface area contributed by atoms with Crippen LogP contribution in [0, 0.1) is 12.7 Å². The highest BCUT2D eigenvalue weighted by Gasteiger charge is 2.13. The zero-order valence-corrected chi connectivity index (χ0v) is 14.1. The fraction of sp³-hybridized carbons (Fsp3) is 0.286. The zero-order chi connectivity index (χ0) is 16.2. The summed E-state index contributed by atoms with van der Waals surface area (Å²) in [6.45, 7) is 1.70. The predicted octanol–water partition coefficient (Wildman–Crippen LogP) is 3.72. The van der Waals surface area contributed by atoms with Crippen molar-refractivity contribution in [1.82, 2.24) is 20.3 Å². The smallest absolute Gasteiger partial charge is 0.277 e. The maximum atomic E-state index is 13.6. The fourth-order valence-electron chi connectivity index (χ4n) is 1.76.